The normalized spacial score (nSPS) is 13.0. The van der Waals surface area contributed by atoms with Gasteiger partial charge in [-0.3, -0.25) is 0 Å². The zero-order valence-electron chi connectivity index (χ0n) is 14.5. The van der Waals surface area contributed by atoms with Gasteiger partial charge in [-0.05, 0) is 48.4 Å². The number of aromatic amines is 1. The molecule has 0 aliphatic heterocycles. The molecule has 0 aliphatic rings. The number of aromatic nitrogens is 1. The number of H-pyrrole nitrogens is 1. The maximum atomic E-state index is 6.27. The average Bonchev–Trinajstić information content (AvgIpc) is 3.11. The van der Waals surface area contributed by atoms with E-state index >= 15 is 0 Å². The van der Waals surface area contributed by atoms with Crippen LogP contribution in [0.2, 0.25) is 5.02 Å². The maximum Gasteiger partial charge on any atom is 0.0808 e. The molecular weight excluding hydrogens is 338 g/mol. The van der Waals surface area contributed by atoms with Crippen molar-refractivity contribution in [2.45, 2.75) is 12.3 Å². The van der Waals surface area contributed by atoms with E-state index in [2.05, 4.69) is 48.0 Å². The molecule has 0 amide bonds. The lowest BCUT2D eigenvalue weighted by Crippen LogP contribution is -2.21. The minimum Gasteiger partial charge on any atom is -0.361 e. The van der Waals surface area contributed by atoms with Gasteiger partial charge in [0.15, 0.2) is 0 Å². The summed E-state index contributed by atoms with van der Waals surface area (Å²) in [6.07, 6.45) is 2.05. The third-order valence-electron chi connectivity index (χ3n) is 4.76. The van der Waals surface area contributed by atoms with Gasteiger partial charge in [-0.2, -0.15) is 0 Å². The van der Waals surface area contributed by atoms with Gasteiger partial charge < -0.3 is 4.98 Å². The summed E-state index contributed by atoms with van der Waals surface area (Å²) >= 11 is 6.27. The minimum absolute atomic E-state index is 0.458. The Morgan fingerprint density at radius 3 is 2.31 bits per heavy atom. The van der Waals surface area contributed by atoms with Crippen molar-refractivity contribution in [2.75, 3.05) is 0 Å². The van der Waals surface area contributed by atoms with E-state index in [1.807, 2.05) is 60.8 Å². The van der Waals surface area contributed by atoms with Gasteiger partial charge in [0.1, 0.15) is 0 Å². The van der Waals surface area contributed by atoms with Gasteiger partial charge in [0.05, 0.1) is 5.41 Å². The van der Waals surface area contributed by atoms with Gasteiger partial charge in [0.2, 0.25) is 0 Å². The van der Waals surface area contributed by atoms with Crippen LogP contribution in [0.4, 0.5) is 0 Å². The molecule has 4 rings (SSSR count). The lowest BCUT2D eigenvalue weighted by molar-refractivity contribution is 0.761. The van der Waals surface area contributed by atoms with E-state index < -0.39 is 5.41 Å². The van der Waals surface area contributed by atoms with Crippen LogP contribution >= 0.6 is 11.6 Å². The first-order valence-electron chi connectivity index (χ1n) is 8.58. The van der Waals surface area contributed by atoms with Gasteiger partial charge in [0.25, 0.3) is 0 Å². The van der Waals surface area contributed by atoms with Crippen LogP contribution in [0.1, 0.15) is 23.6 Å². The zero-order valence-corrected chi connectivity index (χ0v) is 15.2. The summed E-state index contributed by atoms with van der Waals surface area (Å²) in [7, 11) is 0. The van der Waals surface area contributed by atoms with Crippen molar-refractivity contribution in [1.82, 2.24) is 4.98 Å². The van der Waals surface area contributed by atoms with Crippen molar-refractivity contribution >= 4 is 22.5 Å². The van der Waals surface area contributed by atoms with Crippen molar-refractivity contribution in [3.8, 4) is 11.8 Å². The smallest absolute Gasteiger partial charge is 0.0808 e. The molecule has 1 atom stereocenters. The molecule has 1 N–H and O–H groups in total. The Labute approximate surface area is 158 Å². The molecule has 0 aliphatic carbocycles. The molecule has 1 aromatic heterocycles. The van der Waals surface area contributed by atoms with Crippen LogP contribution in [-0.4, -0.2) is 4.98 Å². The number of halogens is 1. The Morgan fingerprint density at radius 2 is 1.58 bits per heavy atom. The molecule has 0 fully saturated rings. The maximum absolute atomic E-state index is 6.27. The Bertz CT molecular complexity index is 1100. The van der Waals surface area contributed by atoms with Crippen LogP contribution < -0.4 is 0 Å². The van der Waals surface area contributed by atoms with Gasteiger partial charge in [-0.25, -0.2) is 0 Å². The Morgan fingerprint density at radius 1 is 0.885 bits per heavy atom. The van der Waals surface area contributed by atoms with Gasteiger partial charge >= 0.3 is 0 Å². The molecule has 0 spiro atoms. The Kier molecular flexibility index (Phi) is 4.29. The summed E-state index contributed by atoms with van der Waals surface area (Å²) in [4.78, 5) is 3.36. The number of fused-ring (bicyclic) bond motifs is 1. The molecule has 26 heavy (non-hydrogen) atoms. The molecule has 0 saturated heterocycles. The van der Waals surface area contributed by atoms with Crippen LogP contribution in [0.15, 0.2) is 85.1 Å². The lowest BCUT2D eigenvalue weighted by Gasteiger charge is -2.24. The second-order valence-corrected chi connectivity index (χ2v) is 6.94. The monoisotopic (exact) mass is 355 g/mol. The van der Waals surface area contributed by atoms with Crippen LogP contribution in [-0.2, 0) is 5.41 Å². The molecule has 126 valence electrons. The molecular formula is C24H18ClN. The summed E-state index contributed by atoms with van der Waals surface area (Å²) in [6, 6.07) is 26.4. The molecule has 0 radical (unpaired) electrons. The highest BCUT2D eigenvalue weighted by Crippen LogP contribution is 2.37. The van der Waals surface area contributed by atoms with Crippen molar-refractivity contribution in [1.29, 1.82) is 0 Å². The summed E-state index contributed by atoms with van der Waals surface area (Å²) in [5.74, 6) is 6.88. The van der Waals surface area contributed by atoms with E-state index in [-0.39, 0.29) is 0 Å². The number of nitrogens with one attached hydrogen (secondary N) is 1. The third kappa shape index (κ3) is 3.01. The molecule has 1 heterocycles. The van der Waals surface area contributed by atoms with E-state index in [1.54, 1.807) is 0 Å². The topological polar surface area (TPSA) is 15.8 Å². The van der Waals surface area contributed by atoms with Gasteiger partial charge in [0, 0.05) is 27.7 Å². The van der Waals surface area contributed by atoms with E-state index in [1.165, 1.54) is 0 Å². The first-order valence-corrected chi connectivity index (χ1v) is 8.95. The highest BCUT2D eigenvalue weighted by atomic mass is 35.5. The summed E-state index contributed by atoms with van der Waals surface area (Å²) < 4.78 is 0. The molecule has 1 unspecified atom stereocenters. The summed E-state index contributed by atoms with van der Waals surface area (Å²) in [6.45, 7) is 2.17. The van der Waals surface area contributed by atoms with Crippen LogP contribution in [0.3, 0.4) is 0 Å². The molecule has 1 nitrogen and oxygen atoms in total. The highest BCUT2D eigenvalue weighted by Gasteiger charge is 2.29. The van der Waals surface area contributed by atoms with Crippen molar-refractivity contribution in [3.63, 3.8) is 0 Å². The number of hydrogen-bond donors (Lipinski definition) is 1. The van der Waals surface area contributed by atoms with Crippen molar-refractivity contribution < 1.29 is 0 Å². The van der Waals surface area contributed by atoms with E-state index in [0.717, 1.165) is 32.6 Å². The largest absolute Gasteiger partial charge is 0.361 e. The van der Waals surface area contributed by atoms with E-state index in [4.69, 9.17) is 11.6 Å². The number of benzene rings is 3. The first kappa shape index (κ1) is 16.5. The zero-order chi connectivity index (χ0) is 18.0. The molecule has 4 aromatic rings. The molecule has 0 saturated carbocycles. The predicted octanol–water partition coefficient (Wildman–Crippen LogP) is 6.18. The quantitative estimate of drug-likeness (QED) is 0.413. The third-order valence-corrected chi connectivity index (χ3v) is 5.00. The molecule has 2 heteroatoms. The van der Waals surface area contributed by atoms with Crippen LogP contribution in [0, 0.1) is 11.8 Å². The van der Waals surface area contributed by atoms with Crippen LogP contribution in [0.5, 0.6) is 0 Å². The molecule has 0 bridgehead atoms. The van der Waals surface area contributed by atoms with Crippen LogP contribution in [0.25, 0.3) is 10.9 Å². The van der Waals surface area contributed by atoms with E-state index in [9.17, 15) is 0 Å². The Hall–Kier alpha value is -2.95. The summed E-state index contributed by atoms with van der Waals surface area (Å²) in [5.41, 5.74) is 3.90. The highest BCUT2D eigenvalue weighted by molar-refractivity contribution is 6.31. The fraction of sp³-hybridized carbons (Fsp3) is 0.0833. The SMILES string of the molecule is CC(C#Cc1ccccc1)(c1ccccc1)c1c[nH]c2ccc(Cl)cc12. The van der Waals surface area contributed by atoms with Gasteiger partial charge in [-0.15, -0.1) is 0 Å². The van der Waals surface area contributed by atoms with E-state index in [0.29, 0.717) is 0 Å². The average molecular weight is 356 g/mol. The summed E-state index contributed by atoms with van der Waals surface area (Å²) in [5, 5.41) is 1.83. The number of rotatable bonds is 2. The first-order chi connectivity index (χ1) is 12.7. The van der Waals surface area contributed by atoms with Gasteiger partial charge in [-0.1, -0.05) is 72.0 Å². The molecule has 3 aromatic carbocycles. The van der Waals surface area contributed by atoms with Crippen molar-refractivity contribution in [3.05, 3.63) is 107 Å². The minimum atomic E-state index is -0.458. The fourth-order valence-corrected chi connectivity index (χ4v) is 3.46. The lowest BCUT2D eigenvalue weighted by atomic mass is 9.76. The predicted molar refractivity (Wildman–Crippen MR) is 110 cm³/mol. The standard InChI is InChI=1S/C24H18ClN/c1-24(19-10-6-3-7-11-19,15-14-18-8-4-2-5-9-18)22-17-26-23-13-12-20(25)16-21(22)23/h2-13,16-17,26H,1H3. The Balaban J connectivity index is 1.94. The second-order valence-electron chi connectivity index (χ2n) is 6.50. The fourth-order valence-electron chi connectivity index (χ4n) is 3.29. The second kappa shape index (κ2) is 6.75. The number of hydrogen-bond acceptors (Lipinski definition) is 0. The van der Waals surface area contributed by atoms with Crippen molar-refractivity contribution in [2.24, 2.45) is 0 Å².